The lowest BCUT2D eigenvalue weighted by atomic mass is 10.2. The lowest BCUT2D eigenvalue weighted by Crippen LogP contribution is -2.26. The van der Waals surface area contributed by atoms with E-state index in [0.29, 0.717) is 5.56 Å². The van der Waals surface area contributed by atoms with Gasteiger partial charge in [-0.2, -0.15) is 18.2 Å². The third-order valence-corrected chi connectivity index (χ3v) is 5.33. The zero-order valence-corrected chi connectivity index (χ0v) is 18.5. The highest BCUT2D eigenvalue weighted by Gasteiger charge is 2.32. The van der Waals surface area contributed by atoms with E-state index < -0.39 is 17.8 Å². The van der Waals surface area contributed by atoms with Crippen molar-refractivity contribution in [3.63, 3.8) is 0 Å². The first-order chi connectivity index (χ1) is 15.6. The Morgan fingerprint density at radius 3 is 2.55 bits per heavy atom. The van der Waals surface area contributed by atoms with Gasteiger partial charge in [0.25, 0.3) is 5.89 Å². The molecule has 0 aliphatic heterocycles. The molecule has 0 amide bonds. The predicted octanol–water partition coefficient (Wildman–Crippen LogP) is 4.73. The molecule has 0 bridgehead atoms. The molecule has 0 saturated carbocycles. The molecule has 174 valence electrons. The SMILES string of the molecule is NCC(O)COc1cc(Cl)c(-c2noc(-c3cn4cc(C(F)(F)F)cc(Cl)c4n3)n2)cc1Cl. The number of rotatable bonds is 6. The normalized spacial score (nSPS) is 13.0. The number of ether oxygens (including phenoxy) is 1. The van der Waals surface area contributed by atoms with Gasteiger partial charge in [0.15, 0.2) is 5.65 Å². The zero-order valence-electron chi connectivity index (χ0n) is 16.3. The number of hydrogen-bond donors (Lipinski definition) is 2. The van der Waals surface area contributed by atoms with Crippen molar-refractivity contribution in [2.75, 3.05) is 13.2 Å². The summed E-state index contributed by atoms with van der Waals surface area (Å²) in [6, 6.07) is 3.64. The highest BCUT2D eigenvalue weighted by atomic mass is 35.5. The van der Waals surface area contributed by atoms with Crippen LogP contribution in [0.25, 0.3) is 28.6 Å². The molecule has 0 radical (unpaired) electrons. The second kappa shape index (κ2) is 8.99. The number of aromatic nitrogens is 4. The van der Waals surface area contributed by atoms with Crippen LogP contribution < -0.4 is 10.5 Å². The molecule has 3 aromatic heterocycles. The average Bonchev–Trinajstić information content (AvgIpc) is 3.40. The van der Waals surface area contributed by atoms with E-state index in [1.807, 2.05) is 0 Å². The van der Waals surface area contributed by atoms with Gasteiger partial charge in [-0.3, -0.25) is 0 Å². The number of aliphatic hydroxyl groups is 1. The zero-order chi connectivity index (χ0) is 23.9. The van der Waals surface area contributed by atoms with Gasteiger partial charge in [-0.25, -0.2) is 4.98 Å². The van der Waals surface area contributed by atoms with E-state index in [9.17, 15) is 18.3 Å². The van der Waals surface area contributed by atoms with Gasteiger partial charge in [0, 0.05) is 30.6 Å². The van der Waals surface area contributed by atoms with Gasteiger partial charge in [-0.1, -0.05) is 40.0 Å². The largest absolute Gasteiger partial charge is 0.489 e. The maximum atomic E-state index is 13.0. The molecule has 0 spiro atoms. The molecule has 0 fully saturated rings. The Morgan fingerprint density at radius 2 is 1.85 bits per heavy atom. The number of imidazole rings is 1. The molecule has 0 aliphatic rings. The van der Waals surface area contributed by atoms with E-state index in [4.69, 9.17) is 49.8 Å². The number of nitrogens with two attached hydrogens (primary N) is 1. The van der Waals surface area contributed by atoms with Crippen LogP contribution in [0.3, 0.4) is 0 Å². The minimum atomic E-state index is -4.58. The molecule has 1 atom stereocenters. The third kappa shape index (κ3) is 4.87. The summed E-state index contributed by atoms with van der Waals surface area (Å²) in [4.78, 5) is 8.38. The number of aliphatic hydroxyl groups excluding tert-OH is 1. The summed E-state index contributed by atoms with van der Waals surface area (Å²) in [7, 11) is 0. The van der Waals surface area contributed by atoms with Gasteiger partial charge in [0.1, 0.15) is 24.2 Å². The summed E-state index contributed by atoms with van der Waals surface area (Å²) in [5.74, 6) is 0.207. The Hall–Kier alpha value is -2.57. The molecular weight excluding hydrogens is 510 g/mol. The quantitative estimate of drug-likeness (QED) is 0.377. The minimum absolute atomic E-state index is 0.0147. The van der Waals surface area contributed by atoms with Crippen molar-refractivity contribution in [3.05, 3.63) is 51.2 Å². The average molecular weight is 523 g/mol. The van der Waals surface area contributed by atoms with Crippen molar-refractivity contribution >= 4 is 40.4 Å². The van der Waals surface area contributed by atoms with E-state index >= 15 is 0 Å². The summed E-state index contributed by atoms with van der Waals surface area (Å²) in [5.41, 5.74) is 4.90. The summed E-state index contributed by atoms with van der Waals surface area (Å²) >= 11 is 18.5. The Morgan fingerprint density at radius 1 is 1.09 bits per heavy atom. The highest BCUT2D eigenvalue weighted by Crippen LogP contribution is 2.37. The van der Waals surface area contributed by atoms with Crippen LogP contribution in [-0.4, -0.2) is 43.9 Å². The van der Waals surface area contributed by atoms with Crippen molar-refractivity contribution in [1.82, 2.24) is 19.5 Å². The lowest BCUT2D eigenvalue weighted by molar-refractivity contribution is -0.137. The first-order valence-electron chi connectivity index (χ1n) is 9.16. The van der Waals surface area contributed by atoms with Crippen LogP contribution in [0, 0.1) is 0 Å². The van der Waals surface area contributed by atoms with Crippen LogP contribution in [0.4, 0.5) is 13.2 Å². The van der Waals surface area contributed by atoms with Gasteiger partial charge in [-0.05, 0) is 12.1 Å². The number of nitrogens with zero attached hydrogens (tertiary/aromatic N) is 4. The second-order valence-corrected chi connectivity index (χ2v) is 8.04. The summed E-state index contributed by atoms with van der Waals surface area (Å²) < 4.78 is 50.8. The standard InChI is InChI=1S/C19H13Cl3F3N5O3/c20-11-3-15(32-7-9(31)4-26)12(21)2-10(11)16-28-18(33-29-16)14-6-30-5-8(19(23,24)25)1-13(22)17(30)27-14/h1-3,5-6,9,31H,4,7,26H2. The van der Waals surface area contributed by atoms with Crippen molar-refractivity contribution in [2.24, 2.45) is 5.73 Å². The van der Waals surface area contributed by atoms with Crippen LogP contribution in [0.2, 0.25) is 15.1 Å². The molecule has 1 aromatic carbocycles. The Labute approximate surface area is 198 Å². The van der Waals surface area contributed by atoms with Crippen molar-refractivity contribution in [2.45, 2.75) is 12.3 Å². The van der Waals surface area contributed by atoms with E-state index in [-0.39, 0.29) is 57.0 Å². The second-order valence-electron chi connectivity index (χ2n) is 6.82. The van der Waals surface area contributed by atoms with E-state index in [1.54, 1.807) is 0 Å². The molecule has 3 N–H and O–H groups in total. The molecule has 3 heterocycles. The van der Waals surface area contributed by atoms with E-state index in [0.717, 1.165) is 16.7 Å². The van der Waals surface area contributed by atoms with E-state index in [2.05, 4.69) is 15.1 Å². The first kappa shape index (κ1) is 23.6. The van der Waals surface area contributed by atoms with Crippen LogP contribution >= 0.6 is 34.8 Å². The molecule has 1 unspecified atom stereocenters. The van der Waals surface area contributed by atoms with Crippen LogP contribution in [0.15, 0.2) is 35.1 Å². The van der Waals surface area contributed by atoms with Gasteiger partial charge in [0.05, 0.1) is 20.6 Å². The predicted molar refractivity (Wildman–Crippen MR) is 115 cm³/mol. The molecular formula is C19H13Cl3F3N5O3. The van der Waals surface area contributed by atoms with Crippen molar-refractivity contribution in [1.29, 1.82) is 0 Å². The number of pyridine rings is 1. The number of benzene rings is 1. The van der Waals surface area contributed by atoms with Crippen molar-refractivity contribution in [3.8, 4) is 28.7 Å². The molecule has 14 heteroatoms. The number of alkyl halides is 3. The fourth-order valence-electron chi connectivity index (χ4n) is 2.82. The maximum Gasteiger partial charge on any atom is 0.417 e. The third-order valence-electron chi connectivity index (χ3n) is 4.44. The smallest absolute Gasteiger partial charge is 0.417 e. The van der Waals surface area contributed by atoms with E-state index in [1.165, 1.54) is 18.3 Å². The highest BCUT2D eigenvalue weighted by molar-refractivity contribution is 6.36. The van der Waals surface area contributed by atoms with Crippen LogP contribution in [-0.2, 0) is 6.18 Å². The summed E-state index contributed by atoms with van der Waals surface area (Å²) in [6.45, 7) is -0.0639. The van der Waals surface area contributed by atoms with Gasteiger partial charge in [-0.15, -0.1) is 0 Å². The molecule has 0 aliphatic carbocycles. The fraction of sp³-hybridized carbons (Fsp3) is 0.211. The Balaban J connectivity index is 1.65. The Kier molecular flexibility index (Phi) is 6.43. The monoisotopic (exact) mass is 521 g/mol. The molecule has 4 aromatic rings. The first-order valence-corrected chi connectivity index (χ1v) is 10.3. The number of hydrogen-bond acceptors (Lipinski definition) is 7. The fourth-order valence-corrected chi connectivity index (χ4v) is 3.53. The summed E-state index contributed by atoms with van der Waals surface area (Å²) in [6.07, 6.45) is -3.31. The molecule has 33 heavy (non-hydrogen) atoms. The lowest BCUT2D eigenvalue weighted by Gasteiger charge is -2.12. The minimum Gasteiger partial charge on any atom is -0.489 e. The van der Waals surface area contributed by atoms with Crippen LogP contribution in [0.5, 0.6) is 5.75 Å². The molecule has 8 nitrogen and oxygen atoms in total. The molecule has 4 rings (SSSR count). The van der Waals surface area contributed by atoms with Gasteiger partial charge in [0.2, 0.25) is 5.82 Å². The van der Waals surface area contributed by atoms with Gasteiger partial charge < -0.3 is 24.5 Å². The maximum absolute atomic E-state index is 13.0. The summed E-state index contributed by atoms with van der Waals surface area (Å²) in [5, 5.41) is 13.5. The Bertz CT molecular complexity index is 1330. The van der Waals surface area contributed by atoms with Crippen LogP contribution in [0.1, 0.15) is 5.56 Å². The number of halogens is 6. The molecule has 0 saturated heterocycles. The van der Waals surface area contributed by atoms with Crippen molar-refractivity contribution < 1.29 is 27.5 Å². The topological polar surface area (TPSA) is 112 Å². The number of fused-ring (bicyclic) bond motifs is 1. The van der Waals surface area contributed by atoms with Gasteiger partial charge >= 0.3 is 6.18 Å².